The van der Waals surface area contributed by atoms with Gasteiger partial charge < -0.3 is 10.1 Å². The molecule has 0 aliphatic carbocycles. The molecule has 0 aromatic carbocycles. The third-order valence-corrected chi connectivity index (χ3v) is 3.54. The average Bonchev–Trinajstić information content (AvgIpc) is 2.84. The van der Waals surface area contributed by atoms with E-state index in [1.165, 1.54) is 18.5 Å². The first kappa shape index (κ1) is 14.0. The highest BCUT2D eigenvalue weighted by molar-refractivity contribution is 7.92. The van der Waals surface area contributed by atoms with Crippen LogP contribution < -0.4 is 4.72 Å². The summed E-state index contributed by atoms with van der Waals surface area (Å²) in [5.41, 5.74) is 0.549. The van der Waals surface area contributed by atoms with Crippen LogP contribution in [0.1, 0.15) is 11.4 Å². The van der Waals surface area contributed by atoms with Crippen molar-refractivity contribution in [3.8, 4) is 11.8 Å². The number of aliphatic hydroxyl groups excluding tert-OH is 1. The number of anilines is 1. The molecule has 0 saturated heterocycles. The minimum absolute atomic E-state index is 0.0383. The Hall–Kier alpha value is -2.37. The molecule has 0 amide bonds. The molecule has 0 atom stereocenters. The maximum absolute atomic E-state index is 12.0. The fourth-order valence-corrected chi connectivity index (χ4v) is 2.40. The molecule has 104 valence electrons. The van der Waals surface area contributed by atoms with Crippen LogP contribution in [0.5, 0.6) is 0 Å². The molecule has 0 bridgehead atoms. The Morgan fingerprint density at radius 1 is 1.45 bits per heavy atom. The molecule has 2 rings (SSSR count). The van der Waals surface area contributed by atoms with Crippen molar-refractivity contribution in [2.45, 2.75) is 11.9 Å². The van der Waals surface area contributed by atoms with Crippen molar-refractivity contribution >= 4 is 15.8 Å². The van der Waals surface area contributed by atoms with Crippen LogP contribution in [0.2, 0.25) is 0 Å². The molecule has 20 heavy (non-hydrogen) atoms. The van der Waals surface area contributed by atoms with E-state index >= 15 is 0 Å². The second-order valence-corrected chi connectivity index (χ2v) is 5.48. The fourth-order valence-electron chi connectivity index (χ4n) is 1.43. The summed E-state index contributed by atoms with van der Waals surface area (Å²) in [7, 11) is -3.76. The Morgan fingerprint density at radius 3 is 2.90 bits per heavy atom. The van der Waals surface area contributed by atoms with E-state index in [2.05, 4.69) is 31.5 Å². The van der Waals surface area contributed by atoms with E-state index in [1.807, 2.05) is 0 Å². The van der Waals surface area contributed by atoms with E-state index in [4.69, 9.17) is 5.11 Å². The van der Waals surface area contributed by atoms with Crippen molar-refractivity contribution in [2.75, 3.05) is 11.3 Å². The van der Waals surface area contributed by atoms with E-state index < -0.39 is 10.0 Å². The van der Waals surface area contributed by atoms with Gasteiger partial charge in [-0.1, -0.05) is 11.8 Å². The standard InChI is InChI=1S/C12H12N4O3S/c1-9-14-8-12(15-9)20(18,19)16-11-7-10(3-2-6-17)4-5-13-11/h4-5,7-8,17H,6H2,1H3,(H,13,16)(H,14,15). The van der Waals surface area contributed by atoms with Gasteiger partial charge in [-0.3, -0.25) is 4.72 Å². The van der Waals surface area contributed by atoms with Gasteiger partial charge in [-0.25, -0.2) is 9.97 Å². The van der Waals surface area contributed by atoms with Crippen LogP contribution in [0.4, 0.5) is 5.82 Å². The van der Waals surface area contributed by atoms with E-state index in [9.17, 15) is 8.42 Å². The van der Waals surface area contributed by atoms with E-state index in [0.717, 1.165) is 0 Å². The molecule has 0 spiro atoms. The molecule has 7 nitrogen and oxygen atoms in total. The molecule has 0 aliphatic heterocycles. The molecule has 3 N–H and O–H groups in total. The topological polar surface area (TPSA) is 108 Å². The van der Waals surface area contributed by atoms with Crippen LogP contribution in [0.3, 0.4) is 0 Å². The number of rotatable bonds is 3. The quantitative estimate of drug-likeness (QED) is 0.703. The van der Waals surface area contributed by atoms with Crippen LogP contribution in [-0.2, 0) is 10.0 Å². The van der Waals surface area contributed by atoms with Gasteiger partial charge >= 0.3 is 0 Å². The molecular formula is C12H12N4O3S. The first-order chi connectivity index (χ1) is 9.51. The number of hydrogen-bond donors (Lipinski definition) is 3. The van der Waals surface area contributed by atoms with Gasteiger partial charge in [0.1, 0.15) is 18.2 Å². The molecular weight excluding hydrogens is 280 g/mol. The van der Waals surface area contributed by atoms with Gasteiger partial charge in [-0.05, 0) is 19.1 Å². The first-order valence-corrected chi connectivity index (χ1v) is 7.10. The van der Waals surface area contributed by atoms with E-state index in [0.29, 0.717) is 11.4 Å². The zero-order valence-electron chi connectivity index (χ0n) is 10.6. The summed E-state index contributed by atoms with van der Waals surface area (Å²) in [4.78, 5) is 10.4. The summed E-state index contributed by atoms with van der Waals surface area (Å²) in [6.45, 7) is 1.39. The van der Waals surface area contributed by atoms with Gasteiger partial charge in [-0.2, -0.15) is 8.42 Å². The summed E-state index contributed by atoms with van der Waals surface area (Å²) in [6.07, 6.45) is 2.66. The lowest BCUT2D eigenvalue weighted by molar-refractivity contribution is 0.350. The average molecular weight is 292 g/mol. The Balaban J connectivity index is 2.25. The second-order valence-electron chi connectivity index (χ2n) is 3.83. The third kappa shape index (κ3) is 3.34. The number of aryl methyl sites for hydroxylation is 1. The van der Waals surface area contributed by atoms with Crippen molar-refractivity contribution in [1.29, 1.82) is 0 Å². The zero-order valence-corrected chi connectivity index (χ0v) is 11.4. The molecule has 2 aromatic heterocycles. The lowest BCUT2D eigenvalue weighted by atomic mass is 10.2. The van der Waals surface area contributed by atoms with Crippen LogP contribution >= 0.6 is 0 Å². The summed E-state index contributed by atoms with van der Waals surface area (Å²) in [5, 5.41) is 8.58. The monoisotopic (exact) mass is 292 g/mol. The van der Waals surface area contributed by atoms with Crippen molar-refractivity contribution in [2.24, 2.45) is 0 Å². The molecule has 0 fully saturated rings. The van der Waals surface area contributed by atoms with Crippen molar-refractivity contribution in [1.82, 2.24) is 15.0 Å². The Kier molecular flexibility index (Phi) is 4.02. The smallest absolute Gasteiger partial charge is 0.280 e. The van der Waals surface area contributed by atoms with Crippen LogP contribution in [0.15, 0.2) is 29.6 Å². The van der Waals surface area contributed by atoms with Crippen LogP contribution in [-0.4, -0.2) is 35.1 Å². The van der Waals surface area contributed by atoms with Gasteiger partial charge in [0, 0.05) is 11.8 Å². The lowest BCUT2D eigenvalue weighted by Gasteiger charge is -2.05. The SMILES string of the molecule is Cc1ncc(S(=O)(=O)Nc2cc(C#CCO)ccn2)[nH]1. The number of H-pyrrole nitrogens is 1. The van der Waals surface area contributed by atoms with Gasteiger partial charge in [0.25, 0.3) is 10.0 Å². The first-order valence-electron chi connectivity index (χ1n) is 5.61. The third-order valence-electron chi connectivity index (χ3n) is 2.28. The highest BCUT2D eigenvalue weighted by Crippen LogP contribution is 2.13. The lowest BCUT2D eigenvalue weighted by Crippen LogP contribution is -2.14. The van der Waals surface area contributed by atoms with Crippen LogP contribution in [0, 0.1) is 18.8 Å². The highest BCUT2D eigenvalue weighted by atomic mass is 32.2. The largest absolute Gasteiger partial charge is 0.384 e. The number of pyridine rings is 1. The summed E-state index contributed by atoms with van der Waals surface area (Å²) < 4.78 is 26.4. The maximum atomic E-state index is 12.0. The number of hydrogen-bond acceptors (Lipinski definition) is 5. The predicted octanol–water partition coefficient (Wildman–Crippen LogP) is 0.258. The maximum Gasteiger partial charge on any atom is 0.280 e. The minimum Gasteiger partial charge on any atom is -0.384 e. The van der Waals surface area contributed by atoms with Gasteiger partial charge in [0.15, 0.2) is 5.03 Å². The zero-order chi connectivity index (χ0) is 14.6. The minimum atomic E-state index is -3.76. The van der Waals surface area contributed by atoms with Crippen molar-refractivity contribution < 1.29 is 13.5 Å². The van der Waals surface area contributed by atoms with Crippen molar-refractivity contribution in [3.63, 3.8) is 0 Å². The molecule has 0 radical (unpaired) electrons. The van der Waals surface area contributed by atoms with Gasteiger partial charge in [-0.15, -0.1) is 0 Å². The highest BCUT2D eigenvalue weighted by Gasteiger charge is 2.17. The Bertz CT molecular complexity index is 771. The molecule has 8 heteroatoms. The molecule has 0 unspecified atom stereocenters. The predicted molar refractivity (Wildman–Crippen MR) is 72.3 cm³/mol. The Morgan fingerprint density at radius 2 is 2.25 bits per heavy atom. The normalized spacial score (nSPS) is 10.7. The Labute approximate surface area is 116 Å². The van der Waals surface area contributed by atoms with Crippen LogP contribution in [0.25, 0.3) is 0 Å². The fraction of sp³-hybridized carbons (Fsp3) is 0.167. The van der Waals surface area contributed by atoms with Gasteiger partial charge in [0.2, 0.25) is 0 Å². The summed E-state index contributed by atoms with van der Waals surface area (Å²) >= 11 is 0. The number of nitrogens with one attached hydrogen (secondary N) is 2. The number of sulfonamides is 1. The molecule has 2 heterocycles. The molecule has 0 saturated carbocycles. The van der Waals surface area contributed by atoms with E-state index in [-0.39, 0.29) is 17.5 Å². The second kappa shape index (κ2) is 5.73. The summed E-state index contributed by atoms with van der Waals surface area (Å²) in [6, 6.07) is 3.09. The van der Waals surface area contributed by atoms with Gasteiger partial charge in [0.05, 0.1) is 6.20 Å². The number of nitrogens with zero attached hydrogens (tertiary/aromatic N) is 2. The molecule has 2 aromatic rings. The summed E-state index contributed by atoms with van der Waals surface area (Å²) in [5.74, 6) is 5.78. The van der Waals surface area contributed by atoms with Crippen molar-refractivity contribution in [3.05, 3.63) is 35.9 Å². The number of imidazole rings is 1. The van der Waals surface area contributed by atoms with E-state index in [1.54, 1.807) is 13.0 Å². The number of aromatic nitrogens is 3. The molecule has 0 aliphatic rings. The number of aromatic amines is 1. The number of aliphatic hydroxyl groups is 1.